The Kier molecular flexibility index (Phi) is 3.10. The van der Waals surface area contributed by atoms with Gasteiger partial charge in [0.2, 0.25) is 0 Å². The minimum atomic E-state index is -0.561. The number of benzene rings is 2. The van der Waals surface area contributed by atoms with E-state index in [-0.39, 0.29) is 0 Å². The van der Waals surface area contributed by atoms with E-state index in [0.717, 1.165) is 11.6 Å². The molecule has 2 aromatic carbocycles. The zero-order valence-corrected chi connectivity index (χ0v) is 8.53. The summed E-state index contributed by atoms with van der Waals surface area (Å²) in [5.74, 6) is -1.11. The fourth-order valence-corrected chi connectivity index (χ4v) is 1.39. The molecule has 0 heterocycles. The molecule has 0 spiro atoms. The molecule has 0 aliphatic rings. The van der Waals surface area contributed by atoms with E-state index in [0.29, 0.717) is 5.56 Å². The molecular weight excluding hydrogens is 206 g/mol. The first kappa shape index (κ1) is 10.6. The topological polar surface area (TPSA) is 0 Å². The highest BCUT2D eigenvalue weighted by Gasteiger charge is 1.99. The Bertz CT molecular complexity index is 501. The molecule has 0 saturated heterocycles. The first-order valence-corrected chi connectivity index (χ1v) is 4.94. The van der Waals surface area contributed by atoms with Crippen LogP contribution in [0, 0.1) is 11.6 Å². The average molecular weight is 216 g/mol. The first-order valence-electron chi connectivity index (χ1n) is 4.94. The highest BCUT2D eigenvalue weighted by atomic mass is 19.1. The van der Waals surface area contributed by atoms with Gasteiger partial charge in [-0.2, -0.15) is 0 Å². The fourth-order valence-electron chi connectivity index (χ4n) is 1.39. The van der Waals surface area contributed by atoms with Crippen LogP contribution in [0.2, 0.25) is 0 Å². The van der Waals surface area contributed by atoms with Gasteiger partial charge in [0.1, 0.15) is 11.6 Å². The van der Waals surface area contributed by atoms with Gasteiger partial charge < -0.3 is 0 Å². The third-order valence-corrected chi connectivity index (χ3v) is 2.22. The number of hydrogen-bond donors (Lipinski definition) is 0. The van der Waals surface area contributed by atoms with E-state index in [9.17, 15) is 8.78 Å². The van der Waals surface area contributed by atoms with Crippen molar-refractivity contribution >= 4 is 12.2 Å². The molecular formula is C14H10F2. The summed E-state index contributed by atoms with van der Waals surface area (Å²) >= 11 is 0. The summed E-state index contributed by atoms with van der Waals surface area (Å²) in [6.07, 6.45) is 3.42. The van der Waals surface area contributed by atoms with E-state index >= 15 is 0 Å². The van der Waals surface area contributed by atoms with Gasteiger partial charge in [-0.25, -0.2) is 8.78 Å². The maximum absolute atomic E-state index is 13.3. The molecule has 0 aliphatic heterocycles. The zero-order chi connectivity index (χ0) is 11.4. The van der Waals surface area contributed by atoms with Crippen molar-refractivity contribution in [2.45, 2.75) is 0 Å². The highest BCUT2D eigenvalue weighted by molar-refractivity contribution is 5.69. The molecule has 2 heteroatoms. The molecule has 2 rings (SSSR count). The van der Waals surface area contributed by atoms with Gasteiger partial charge in [0, 0.05) is 11.6 Å². The van der Waals surface area contributed by atoms with E-state index in [2.05, 4.69) is 0 Å². The summed E-state index contributed by atoms with van der Waals surface area (Å²) in [7, 11) is 0. The van der Waals surface area contributed by atoms with Crippen molar-refractivity contribution in [1.29, 1.82) is 0 Å². The molecule has 80 valence electrons. The van der Waals surface area contributed by atoms with E-state index < -0.39 is 11.6 Å². The Hall–Kier alpha value is -1.96. The molecule has 0 fully saturated rings. The number of rotatable bonds is 2. The van der Waals surface area contributed by atoms with Crippen LogP contribution in [0.5, 0.6) is 0 Å². The molecule has 0 aromatic heterocycles. The molecule has 0 radical (unpaired) electrons. The third-order valence-electron chi connectivity index (χ3n) is 2.22. The van der Waals surface area contributed by atoms with Crippen LogP contribution in [0.25, 0.3) is 12.2 Å². The van der Waals surface area contributed by atoms with Gasteiger partial charge in [-0.05, 0) is 17.7 Å². The average Bonchev–Trinajstić information content (AvgIpc) is 2.29. The summed E-state index contributed by atoms with van der Waals surface area (Å²) in [6.45, 7) is 0. The Morgan fingerprint density at radius 1 is 0.812 bits per heavy atom. The zero-order valence-electron chi connectivity index (χ0n) is 8.53. The maximum atomic E-state index is 13.3. The summed E-state index contributed by atoms with van der Waals surface area (Å²) in [6, 6.07) is 13.1. The van der Waals surface area contributed by atoms with Gasteiger partial charge in [-0.1, -0.05) is 42.5 Å². The second-order valence-corrected chi connectivity index (χ2v) is 3.41. The van der Waals surface area contributed by atoms with Gasteiger partial charge in [0.15, 0.2) is 0 Å². The molecule has 0 N–H and O–H groups in total. The smallest absolute Gasteiger partial charge is 0.133 e. The molecule has 0 saturated carbocycles. The number of hydrogen-bond acceptors (Lipinski definition) is 0. The van der Waals surface area contributed by atoms with Crippen molar-refractivity contribution in [2.75, 3.05) is 0 Å². The lowest BCUT2D eigenvalue weighted by molar-refractivity contribution is 0.581. The van der Waals surface area contributed by atoms with Crippen LogP contribution in [0.15, 0.2) is 48.5 Å². The quantitative estimate of drug-likeness (QED) is 0.662. The Balaban J connectivity index is 2.24. The van der Waals surface area contributed by atoms with Crippen molar-refractivity contribution < 1.29 is 8.78 Å². The Labute approximate surface area is 92.9 Å². The van der Waals surface area contributed by atoms with Gasteiger partial charge >= 0.3 is 0 Å². The Morgan fingerprint density at radius 2 is 1.56 bits per heavy atom. The molecule has 16 heavy (non-hydrogen) atoms. The molecule has 0 unspecified atom stereocenters. The standard InChI is InChI=1S/C14H10F2/c15-13-9-8-12(14(16)10-13)7-6-11-4-2-1-3-5-11/h1-10H/b7-6+. The molecule has 2 aromatic rings. The molecule has 0 nitrogen and oxygen atoms in total. The second kappa shape index (κ2) is 4.71. The third kappa shape index (κ3) is 2.54. The van der Waals surface area contributed by atoms with Crippen molar-refractivity contribution in [3.63, 3.8) is 0 Å². The summed E-state index contributed by atoms with van der Waals surface area (Å²) < 4.78 is 25.9. The lowest BCUT2D eigenvalue weighted by atomic mass is 10.1. The minimum absolute atomic E-state index is 0.380. The highest BCUT2D eigenvalue weighted by Crippen LogP contribution is 2.13. The van der Waals surface area contributed by atoms with E-state index in [1.165, 1.54) is 12.1 Å². The molecule has 0 aliphatic carbocycles. The second-order valence-electron chi connectivity index (χ2n) is 3.41. The van der Waals surface area contributed by atoms with Crippen molar-refractivity contribution in [2.24, 2.45) is 0 Å². The fraction of sp³-hybridized carbons (Fsp3) is 0. The predicted molar refractivity (Wildman–Crippen MR) is 61.7 cm³/mol. The lowest BCUT2D eigenvalue weighted by Crippen LogP contribution is -1.83. The van der Waals surface area contributed by atoms with E-state index in [1.807, 2.05) is 30.3 Å². The maximum Gasteiger partial charge on any atom is 0.133 e. The normalized spacial score (nSPS) is 10.9. The summed E-state index contributed by atoms with van der Waals surface area (Å²) in [5, 5.41) is 0. The molecule has 0 amide bonds. The molecule has 0 atom stereocenters. The summed E-state index contributed by atoms with van der Waals surface area (Å²) in [4.78, 5) is 0. The monoisotopic (exact) mass is 216 g/mol. The SMILES string of the molecule is Fc1ccc(/C=C/c2ccccc2)c(F)c1. The van der Waals surface area contributed by atoms with Gasteiger partial charge in [0.05, 0.1) is 0 Å². The van der Waals surface area contributed by atoms with Crippen LogP contribution in [0.3, 0.4) is 0 Å². The Morgan fingerprint density at radius 3 is 2.25 bits per heavy atom. The van der Waals surface area contributed by atoms with Crippen LogP contribution in [0.4, 0.5) is 8.78 Å². The minimum Gasteiger partial charge on any atom is -0.207 e. The first-order chi connectivity index (χ1) is 7.75. The lowest BCUT2D eigenvalue weighted by Gasteiger charge is -1.97. The van der Waals surface area contributed by atoms with Crippen LogP contribution in [-0.2, 0) is 0 Å². The molecule has 0 bridgehead atoms. The van der Waals surface area contributed by atoms with Crippen molar-refractivity contribution in [3.05, 3.63) is 71.3 Å². The van der Waals surface area contributed by atoms with Gasteiger partial charge in [-0.3, -0.25) is 0 Å². The van der Waals surface area contributed by atoms with E-state index in [1.54, 1.807) is 12.2 Å². The van der Waals surface area contributed by atoms with Gasteiger partial charge in [0.25, 0.3) is 0 Å². The number of halogens is 2. The van der Waals surface area contributed by atoms with Crippen molar-refractivity contribution in [3.8, 4) is 0 Å². The van der Waals surface area contributed by atoms with Gasteiger partial charge in [-0.15, -0.1) is 0 Å². The van der Waals surface area contributed by atoms with Crippen LogP contribution < -0.4 is 0 Å². The summed E-state index contributed by atoms with van der Waals surface area (Å²) in [5.41, 5.74) is 1.36. The van der Waals surface area contributed by atoms with Crippen LogP contribution in [-0.4, -0.2) is 0 Å². The van der Waals surface area contributed by atoms with E-state index in [4.69, 9.17) is 0 Å². The van der Waals surface area contributed by atoms with Crippen LogP contribution >= 0.6 is 0 Å². The van der Waals surface area contributed by atoms with Crippen LogP contribution in [0.1, 0.15) is 11.1 Å². The van der Waals surface area contributed by atoms with Crippen molar-refractivity contribution in [1.82, 2.24) is 0 Å². The predicted octanol–water partition coefficient (Wildman–Crippen LogP) is 4.14. The largest absolute Gasteiger partial charge is 0.207 e.